The Bertz CT molecular complexity index is 415. The van der Waals surface area contributed by atoms with Crippen LogP contribution >= 0.6 is 0 Å². The Balaban J connectivity index is 1.82. The second kappa shape index (κ2) is 5.26. The molecular weight excluding hydrogens is 232 g/mol. The average Bonchev–Trinajstić information content (AvgIpc) is 3.25. The second-order valence-electron chi connectivity index (χ2n) is 6.59. The van der Waals surface area contributed by atoms with Gasteiger partial charge in [-0.15, -0.1) is 0 Å². The van der Waals surface area contributed by atoms with Gasteiger partial charge in [0.1, 0.15) is 0 Å². The molecule has 0 amide bonds. The van der Waals surface area contributed by atoms with Crippen LogP contribution in [0, 0.1) is 12.8 Å². The van der Waals surface area contributed by atoms with Crippen LogP contribution in [-0.2, 0) is 0 Å². The highest BCUT2D eigenvalue weighted by atomic mass is 15.2. The monoisotopic (exact) mass is 258 g/mol. The molecule has 19 heavy (non-hydrogen) atoms. The summed E-state index contributed by atoms with van der Waals surface area (Å²) in [6, 6.07) is 10.4. The summed E-state index contributed by atoms with van der Waals surface area (Å²) in [5.41, 5.74) is 9.05. The van der Waals surface area contributed by atoms with Crippen molar-refractivity contribution in [2.24, 2.45) is 11.7 Å². The Morgan fingerprint density at radius 3 is 2.26 bits per heavy atom. The SMILES string of the molecule is Cc1ccc(C(C(C)N)N(CC2CC2)C2CC2)cc1. The summed E-state index contributed by atoms with van der Waals surface area (Å²) in [5.74, 6) is 0.937. The number of hydrogen-bond acceptors (Lipinski definition) is 2. The summed E-state index contributed by atoms with van der Waals surface area (Å²) in [5, 5.41) is 0. The summed E-state index contributed by atoms with van der Waals surface area (Å²) in [6.45, 7) is 5.56. The largest absolute Gasteiger partial charge is 0.326 e. The number of aryl methyl sites for hydroxylation is 1. The Hall–Kier alpha value is -0.860. The van der Waals surface area contributed by atoms with Crippen molar-refractivity contribution in [2.45, 2.75) is 57.7 Å². The molecule has 2 aliphatic rings. The Labute approximate surface area is 117 Å². The first-order valence-electron chi connectivity index (χ1n) is 7.73. The molecule has 2 N–H and O–H groups in total. The van der Waals surface area contributed by atoms with Crippen LogP contribution in [0.5, 0.6) is 0 Å². The molecule has 2 saturated carbocycles. The zero-order valence-corrected chi connectivity index (χ0v) is 12.2. The number of nitrogens with two attached hydrogens (primary N) is 1. The molecule has 1 aromatic carbocycles. The van der Waals surface area contributed by atoms with Gasteiger partial charge >= 0.3 is 0 Å². The minimum absolute atomic E-state index is 0.196. The molecule has 104 valence electrons. The molecule has 2 atom stereocenters. The number of rotatable bonds is 6. The number of nitrogens with zero attached hydrogens (tertiary/aromatic N) is 1. The van der Waals surface area contributed by atoms with Gasteiger partial charge in [0.15, 0.2) is 0 Å². The number of benzene rings is 1. The molecule has 2 nitrogen and oxygen atoms in total. The third-order valence-corrected chi connectivity index (χ3v) is 4.46. The molecule has 0 bridgehead atoms. The maximum Gasteiger partial charge on any atom is 0.0499 e. The maximum atomic E-state index is 6.33. The van der Waals surface area contributed by atoms with Crippen LogP contribution in [0.4, 0.5) is 0 Å². The second-order valence-corrected chi connectivity index (χ2v) is 6.59. The molecular formula is C17H26N2. The molecule has 1 aromatic rings. The van der Waals surface area contributed by atoms with Crippen LogP contribution in [0.3, 0.4) is 0 Å². The Kier molecular flexibility index (Phi) is 3.64. The van der Waals surface area contributed by atoms with E-state index in [0.29, 0.717) is 6.04 Å². The van der Waals surface area contributed by atoms with E-state index in [-0.39, 0.29) is 6.04 Å². The minimum atomic E-state index is 0.196. The van der Waals surface area contributed by atoms with E-state index in [4.69, 9.17) is 5.73 Å². The van der Waals surface area contributed by atoms with Gasteiger partial charge in [-0.2, -0.15) is 0 Å². The molecule has 2 heteroatoms. The average molecular weight is 258 g/mol. The van der Waals surface area contributed by atoms with Gasteiger partial charge in [0.25, 0.3) is 0 Å². The van der Waals surface area contributed by atoms with Crippen molar-refractivity contribution < 1.29 is 0 Å². The molecule has 0 spiro atoms. The van der Waals surface area contributed by atoms with E-state index >= 15 is 0 Å². The van der Waals surface area contributed by atoms with Crippen LogP contribution in [0.1, 0.15) is 49.8 Å². The molecule has 0 aromatic heterocycles. The fourth-order valence-corrected chi connectivity index (χ4v) is 3.06. The van der Waals surface area contributed by atoms with E-state index in [2.05, 4.69) is 43.0 Å². The lowest BCUT2D eigenvalue weighted by molar-refractivity contribution is 0.159. The smallest absolute Gasteiger partial charge is 0.0499 e. The molecule has 3 rings (SSSR count). The first-order valence-corrected chi connectivity index (χ1v) is 7.73. The zero-order chi connectivity index (χ0) is 13.4. The lowest BCUT2D eigenvalue weighted by Crippen LogP contribution is -2.41. The Morgan fingerprint density at radius 2 is 1.79 bits per heavy atom. The van der Waals surface area contributed by atoms with Gasteiger partial charge in [-0.3, -0.25) is 4.90 Å². The fourth-order valence-electron chi connectivity index (χ4n) is 3.06. The van der Waals surface area contributed by atoms with Gasteiger partial charge in [-0.25, -0.2) is 0 Å². The van der Waals surface area contributed by atoms with Gasteiger partial charge in [0.2, 0.25) is 0 Å². The van der Waals surface area contributed by atoms with Crippen molar-refractivity contribution >= 4 is 0 Å². The lowest BCUT2D eigenvalue weighted by Gasteiger charge is -2.35. The van der Waals surface area contributed by atoms with Crippen molar-refractivity contribution in [3.63, 3.8) is 0 Å². The standard InChI is InChI=1S/C17H26N2/c1-12-3-7-15(8-4-12)17(13(2)18)19(16-9-10-16)11-14-5-6-14/h3-4,7-8,13-14,16-17H,5-6,9-11,18H2,1-2H3. The van der Waals surface area contributed by atoms with Crippen LogP contribution in [0.2, 0.25) is 0 Å². The van der Waals surface area contributed by atoms with E-state index in [0.717, 1.165) is 12.0 Å². The van der Waals surface area contributed by atoms with E-state index in [1.165, 1.54) is 43.4 Å². The fraction of sp³-hybridized carbons (Fsp3) is 0.647. The van der Waals surface area contributed by atoms with Crippen LogP contribution in [-0.4, -0.2) is 23.5 Å². The topological polar surface area (TPSA) is 29.3 Å². The van der Waals surface area contributed by atoms with Crippen LogP contribution in [0.15, 0.2) is 24.3 Å². The molecule has 2 aliphatic carbocycles. The molecule has 2 fully saturated rings. The first kappa shape index (κ1) is 13.1. The van der Waals surface area contributed by atoms with Crippen LogP contribution < -0.4 is 5.73 Å². The summed E-state index contributed by atoms with van der Waals surface area (Å²) in [6.07, 6.45) is 5.56. The summed E-state index contributed by atoms with van der Waals surface area (Å²) in [7, 11) is 0. The highest BCUT2D eigenvalue weighted by molar-refractivity contribution is 5.26. The Morgan fingerprint density at radius 1 is 1.16 bits per heavy atom. The van der Waals surface area contributed by atoms with Crippen LogP contribution in [0.25, 0.3) is 0 Å². The van der Waals surface area contributed by atoms with E-state index in [9.17, 15) is 0 Å². The van der Waals surface area contributed by atoms with Crippen molar-refractivity contribution in [1.29, 1.82) is 0 Å². The highest BCUT2D eigenvalue weighted by Gasteiger charge is 2.39. The van der Waals surface area contributed by atoms with Crippen molar-refractivity contribution in [1.82, 2.24) is 4.90 Å². The zero-order valence-electron chi connectivity index (χ0n) is 12.2. The molecule has 0 heterocycles. The van der Waals surface area contributed by atoms with Gasteiger partial charge in [0.05, 0.1) is 0 Å². The maximum absolute atomic E-state index is 6.33. The first-order chi connectivity index (χ1) is 9.15. The molecule has 0 aliphatic heterocycles. The molecule has 0 saturated heterocycles. The molecule has 2 unspecified atom stereocenters. The lowest BCUT2D eigenvalue weighted by atomic mass is 9.97. The minimum Gasteiger partial charge on any atom is -0.326 e. The van der Waals surface area contributed by atoms with Gasteiger partial charge in [-0.05, 0) is 51.0 Å². The number of hydrogen-bond donors (Lipinski definition) is 1. The van der Waals surface area contributed by atoms with E-state index in [1.807, 2.05) is 0 Å². The third-order valence-electron chi connectivity index (χ3n) is 4.46. The predicted molar refractivity (Wildman–Crippen MR) is 80.0 cm³/mol. The summed E-state index contributed by atoms with van der Waals surface area (Å²) in [4.78, 5) is 2.70. The third kappa shape index (κ3) is 3.18. The van der Waals surface area contributed by atoms with Crippen molar-refractivity contribution in [2.75, 3.05) is 6.54 Å². The van der Waals surface area contributed by atoms with Gasteiger partial charge < -0.3 is 5.73 Å². The highest BCUT2D eigenvalue weighted by Crippen LogP contribution is 2.40. The van der Waals surface area contributed by atoms with Crippen molar-refractivity contribution in [3.8, 4) is 0 Å². The quantitative estimate of drug-likeness (QED) is 0.848. The van der Waals surface area contributed by atoms with E-state index < -0.39 is 0 Å². The predicted octanol–water partition coefficient (Wildman–Crippen LogP) is 3.26. The van der Waals surface area contributed by atoms with Gasteiger partial charge in [-0.1, -0.05) is 29.8 Å². The van der Waals surface area contributed by atoms with Crippen molar-refractivity contribution in [3.05, 3.63) is 35.4 Å². The summed E-state index contributed by atoms with van der Waals surface area (Å²) >= 11 is 0. The molecule has 0 radical (unpaired) electrons. The summed E-state index contributed by atoms with van der Waals surface area (Å²) < 4.78 is 0. The van der Waals surface area contributed by atoms with E-state index in [1.54, 1.807) is 0 Å². The normalized spacial score (nSPS) is 22.5. The van der Waals surface area contributed by atoms with Gasteiger partial charge in [0, 0.05) is 24.7 Å².